The summed E-state index contributed by atoms with van der Waals surface area (Å²) in [6.07, 6.45) is 5.63. The summed E-state index contributed by atoms with van der Waals surface area (Å²) >= 11 is 0. The molecule has 1 aromatic rings. The van der Waals surface area contributed by atoms with E-state index in [1.54, 1.807) is 6.20 Å². The van der Waals surface area contributed by atoms with Gasteiger partial charge in [-0.3, -0.25) is 4.79 Å². The second-order valence-corrected chi connectivity index (χ2v) is 7.63. The summed E-state index contributed by atoms with van der Waals surface area (Å²) < 4.78 is 5.55. The predicted molar refractivity (Wildman–Crippen MR) is 96.8 cm³/mol. The summed E-state index contributed by atoms with van der Waals surface area (Å²) in [5.41, 5.74) is 1.36. The van der Waals surface area contributed by atoms with E-state index in [4.69, 9.17) is 4.74 Å². The monoisotopic (exact) mass is 330 g/mol. The van der Waals surface area contributed by atoms with Crippen LogP contribution in [0.3, 0.4) is 0 Å². The highest BCUT2D eigenvalue weighted by atomic mass is 16.5. The number of carbonyl (C=O) groups excluding carboxylic acids is 1. The van der Waals surface area contributed by atoms with E-state index >= 15 is 0 Å². The van der Waals surface area contributed by atoms with Gasteiger partial charge in [0.05, 0.1) is 6.61 Å². The van der Waals surface area contributed by atoms with E-state index in [1.807, 2.05) is 25.1 Å². The summed E-state index contributed by atoms with van der Waals surface area (Å²) in [6.45, 7) is 11.8. The molecule has 0 radical (unpaired) electrons. The molecular weight excluding hydrogens is 300 g/mol. The number of hydrogen-bond acceptors (Lipinski definition) is 3. The van der Waals surface area contributed by atoms with E-state index in [0.717, 1.165) is 31.3 Å². The Bertz CT molecular complexity index is 554. The lowest BCUT2D eigenvalue weighted by Gasteiger charge is -2.40. The number of nitrogens with one attached hydrogen (secondary N) is 1. The van der Waals surface area contributed by atoms with Crippen molar-refractivity contribution in [1.29, 1.82) is 0 Å². The van der Waals surface area contributed by atoms with Gasteiger partial charge >= 0.3 is 0 Å². The minimum absolute atomic E-state index is 0.0444. The van der Waals surface area contributed by atoms with Crippen molar-refractivity contribution in [2.45, 2.75) is 46.5 Å². The SMILES string of the molecule is C=C(C)C1CCC(C)(C)CC1C(=O)NCCCOc1ccccn1. The Labute approximate surface area is 145 Å². The van der Waals surface area contributed by atoms with Gasteiger partial charge in [-0.05, 0) is 50.0 Å². The van der Waals surface area contributed by atoms with Gasteiger partial charge in [0.1, 0.15) is 0 Å². The lowest BCUT2D eigenvalue weighted by atomic mass is 9.65. The first kappa shape index (κ1) is 18.5. The first-order chi connectivity index (χ1) is 11.4. The summed E-state index contributed by atoms with van der Waals surface area (Å²) in [6, 6.07) is 5.59. The number of pyridine rings is 1. The third kappa shape index (κ3) is 5.36. The number of amides is 1. The summed E-state index contributed by atoms with van der Waals surface area (Å²) in [7, 11) is 0. The molecule has 0 spiro atoms. The van der Waals surface area contributed by atoms with Crippen LogP contribution in [-0.4, -0.2) is 24.0 Å². The maximum Gasteiger partial charge on any atom is 0.223 e. The molecule has 2 atom stereocenters. The number of nitrogens with zero attached hydrogens (tertiary/aromatic N) is 1. The molecule has 1 aliphatic carbocycles. The zero-order chi connectivity index (χ0) is 17.6. The maximum absolute atomic E-state index is 12.6. The minimum Gasteiger partial charge on any atom is -0.478 e. The quantitative estimate of drug-likeness (QED) is 0.607. The smallest absolute Gasteiger partial charge is 0.223 e. The van der Waals surface area contributed by atoms with Crippen LogP contribution in [0.4, 0.5) is 0 Å². The molecule has 0 saturated heterocycles. The van der Waals surface area contributed by atoms with Crippen LogP contribution in [0.5, 0.6) is 5.88 Å². The van der Waals surface area contributed by atoms with Crippen LogP contribution in [0.1, 0.15) is 46.5 Å². The van der Waals surface area contributed by atoms with Crippen molar-refractivity contribution in [2.24, 2.45) is 17.3 Å². The zero-order valence-electron chi connectivity index (χ0n) is 15.2. The first-order valence-electron chi connectivity index (χ1n) is 8.86. The molecule has 2 unspecified atom stereocenters. The second-order valence-electron chi connectivity index (χ2n) is 7.63. The predicted octanol–water partition coefficient (Wildman–Crippen LogP) is 3.99. The molecule has 1 N–H and O–H groups in total. The number of hydrogen-bond donors (Lipinski definition) is 1. The third-order valence-corrected chi connectivity index (χ3v) is 4.87. The number of rotatable bonds is 7. The van der Waals surface area contributed by atoms with Gasteiger partial charge in [-0.1, -0.05) is 32.1 Å². The Balaban J connectivity index is 1.76. The molecule has 1 saturated carbocycles. The molecule has 132 valence electrons. The molecule has 0 aromatic carbocycles. The highest BCUT2D eigenvalue weighted by molar-refractivity contribution is 5.79. The standard InChI is InChI=1S/C20H30N2O2/c1-15(2)16-9-10-20(3,4)14-17(16)19(23)22-12-7-13-24-18-8-5-6-11-21-18/h5-6,8,11,16-17H,1,7,9-10,12-14H2,2-4H3,(H,22,23). The second kappa shape index (κ2) is 8.32. The van der Waals surface area contributed by atoms with E-state index in [-0.39, 0.29) is 17.2 Å². The number of aromatic nitrogens is 1. The molecule has 4 nitrogen and oxygen atoms in total. The summed E-state index contributed by atoms with van der Waals surface area (Å²) in [4.78, 5) is 16.7. The van der Waals surface area contributed by atoms with Crippen LogP contribution >= 0.6 is 0 Å². The highest BCUT2D eigenvalue weighted by Crippen LogP contribution is 2.44. The van der Waals surface area contributed by atoms with Crippen LogP contribution in [0.15, 0.2) is 36.5 Å². The van der Waals surface area contributed by atoms with E-state index in [1.165, 1.54) is 0 Å². The Morgan fingerprint density at radius 3 is 2.88 bits per heavy atom. The van der Waals surface area contributed by atoms with Crippen LogP contribution < -0.4 is 10.1 Å². The van der Waals surface area contributed by atoms with Crippen LogP contribution in [-0.2, 0) is 4.79 Å². The van der Waals surface area contributed by atoms with E-state index < -0.39 is 0 Å². The molecule has 1 amide bonds. The fraction of sp³-hybridized carbons (Fsp3) is 0.600. The molecule has 2 rings (SSSR count). The Hall–Kier alpha value is -1.84. The van der Waals surface area contributed by atoms with Gasteiger partial charge in [0.2, 0.25) is 11.8 Å². The van der Waals surface area contributed by atoms with Gasteiger partial charge in [-0.15, -0.1) is 0 Å². The van der Waals surface area contributed by atoms with Gasteiger partial charge < -0.3 is 10.1 Å². The van der Waals surface area contributed by atoms with E-state index in [0.29, 0.717) is 24.9 Å². The average Bonchev–Trinajstić information content (AvgIpc) is 2.54. The van der Waals surface area contributed by atoms with E-state index in [2.05, 4.69) is 30.7 Å². The minimum atomic E-state index is 0.0444. The Morgan fingerprint density at radius 1 is 1.42 bits per heavy atom. The van der Waals surface area contributed by atoms with Crippen molar-refractivity contribution < 1.29 is 9.53 Å². The highest BCUT2D eigenvalue weighted by Gasteiger charge is 2.38. The maximum atomic E-state index is 12.6. The molecule has 0 bridgehead atoms. The fourth-order valence-corrected chi connectivity index (χ4v) is 3.48. The van der Waals surface area contributed by atoms with Crippen LogP contribution in [0.2, 0.25) is 0 Å². The number of carbonyl (C=O) groups is 1. The lowest BCUT2D eigenvalue weighted by Crippen LogP contribution is -2.41. The molecule has 4 heteroatoms. The molecule has 1 heterocycles. The van der Waals surface area contributed by atoms with Crippen molar-refractivity contribution in [3.8, 4) is 5.88 Å². The van der Waals surface area contributed by atoms with Crippen LogP contribution in [0, 0.1) is 17.3 Å². The molecule has 1 aliphatic rings. The zero-order valence-corrected chi connectivity index (χ0v) is 15.2. The van der Waals surface area contributed by atoms with Crippen molar-refractivity contribution in [3.63, 3.8) is 0 Å². The third-order valence-electron chi connectivity index (χ3n) is 4.87. The van der Waals surface area contributed by atoms with Gasteiger partial charge in [-0.2, -0.15) is 0 Å². The molecule has 1 fully saturated rings. The number of allylic oxidation sites excluding steroid dienone is 1. The summed E-state index contributed by atoms with van der Waals surface area (Å²) in [5, 5.41) is 3.08. The van der Waals surface area contributed by atoms with Crippen molar-refractivity contribution >= 4 is 5.91 Å². The van der Waals surface area contributed by atoms with Crippen LogP contribution in [0.25, 0.3) is 0 Å². The average molecular weight is 330 g/mol. The fourth-order valence-electron chi connectivity index (χ4n) is 3.48. The van der Waals surface area contributed by atoms with Gasteiger partial charge in [-0.25, -0.2) is 4.98 Å². The molecular formula is C20H30N2O2. The topological polar surface area (TPSA) is 51.2 Å². The normalized spacial score (nSPS) is 22.6. The van der Waals surface area contributed by atoms with Crippen molar-refractivity contribution in [3.05, 3.63) is 36.5 Å². The first-order valence-corrected chi connectivity index (χ1v) is 8.86. The van der Waals surface area contributed by atoms with Crippen molar-refractivity contribution in [1.82, 2.24) is 10.3 Å². The van der Waals surface area contributed by atoms with Gasteiger partial charge in [0.15, 0.2) is 0 Å². The lowest BCUT2D eigenvalue weighted by molar-refractivity contribution is -0.128. The van der Waals surface area contributed by atoms with Gasteiger partial charge in [0.25, 0.3) is 0 Å². The largest absolute Gasteiger partial charge is 0.478 e. The van der Waals surface area contributed by atoms with Gasteiger partial charge in [0, 0.05) is 24.7 Å². The molecule has 0 aliphatic heterocycles. The Morgan fingerprint density at radius 2 is 2.21 bits per heavy atom. The number of ether oxygens (including phenoxy) is 1. The summed E-state index contributed by atoms with van der Waals surface area (Å²) in [5.74, 6) is 1.14. The molecule has 24 heavy (non-hydrogen) atoms. The van der Waals surface area contributed by atoms with E-state index in [9.17, 15) is 4.79 Å². The molecule has 1 aromatic heterocycles. The van der Waals surface area contributed by atoms with Crippen molar-refractivity contribution in [2.75, 3.05) is 13.2 Å². The Kier molecular flexibility index (Phi) is 6.41.